The highest BCUT2D eigenvalue weighted by Crippen LogP contribution is 2.34. The second-order valence-electron chi connectivity index (χ2n) is 9.77. The maximum Gasteiger partial charge on any atom is 0.242 e. The molecule has 10 heteroatoms. The average molecular weight is 546 g/mol. The number of benzene rings is 2. The minimum absolute atomic E-state index is 0.00446. The monoisotopic (exact) mass is 545 g/mol. The van der Waals surface area contributed by atoms with Crippen LogP contribution in [0.2, 0.25) is 0 Å². The van der Waals surface area contributed by atoms with Crippen molar-refractivity contribution >= 4 is 27.5 Å². The lowest BCUT2D eigenvalue weighted by atomic mass is 10.1. The van der Waals surface area contributed by atoms with Crippen molar-refractivity contribution in [2.45, 2.75) is 65.6 Å². The molecule has 0 radical (unpaired) electrons. The Hall–Kier alpha value is -3.27. The summed E-state index contributed by atoms with van der Waals surface area (Å²) in [6.07, 6.45) is 2.29. The number of rotatable bonds is 12. The van der Waals surface area contributed by atoms with Crippen molar-refractivity contribution in [3.05, 3.63) is 53.6 Å². The zero-order valence-corrected chi connectivity index (χ0v) is 23.7. The quantitative estimate of drug-likeness (QED) is 0.437. The summed E-state index contributed by atoms with van der Waals surface area (Å²) >= 11 is 0. The minimum atomic E-state index is -3.61. The van der Waals surface area contributed by atoms with Gasteiger partial charge in [-0.05, 0) is 51.3 Å². The van der Waals surface area contributed by atoms with Gasteiger partial charge >= 0.3 is 0 Å². The van der Waals surface area contributed by atoms with E-state index in [0.29, 0.717) is 30.4 Å². The van der Waals surface area contributed by atoms with Gasteiger partial charge in [0, 0.05) is 31.6 Å². The predicted octanol–water partition coefficient (Wildman–Crippen LogP) is 3.64. The molecule has 1 aliphatic heterocycles. The predicted molar refractivity (Wildman–Crippen MR) is 148 cm³/mol. The number of sulfonamides is 1. The number of anilines is 1. The van der Waals surface area contributed by atoms with Crippen molar-refractivity contribution in [1.82, 2.24) is 10.2 Å². The van der Waals surface area contributed by atoms with Crippen molar-refractivity contribution in [2.24, 2.45) is 0 Å². The Morgan fingerprint density at radius 2 is 1.76 bits per heavy atom. The van der Waals surface area contributed by atoms with Gasteiger partial charge in [-0.2, -0.15) is 0 Å². The molecule has 9 nitrogen and oxygen atoms in total. The van der Waals surface area contributed by atoms with Crippen LogP contribution in [0.5, 0.6) is 11.5 Å². The molecule has 2 unspecified atom stereocenters. The molecule has 0 fully saturated rings. The molecule has 0 aromatic heterocycles. The number of carbonyl (C=O) groups excluding carboxylic acids is 2. The molecule has 0 spiro atoms. The van der Waals surface area contributed by atoms with E-state index in [0.717, 1.165) is 23.8 Å². The third-order valence-corrected chi connectivity index (χ3v) is 7.76. The van der Waals surface area contributed by atoms with Gasteiger partial charge < -0.3 is 19.7 Å². The van der Waals surface area contributed by atoms with Gasteiger partial charge in [-0.1, -0.05) is 36.8 Å². The Morgan fingerprint density at radius 3 is 2.42 bits per heavy atom. The van der Waals surface area contributed by atoms with E-state index in [4.69, 9.17) is 9.47 Å². The maximum absolute atomic E-state index is 13.4. The number of ether oxygens (including phenoxy) is 2. The van der Waals surface area contributed by atoms with Crippen molar-refractivity contribution in [1.29, 1.82) is 0 Å². The van der Waals surface area contributed by atoms with Gasteiger partial charge in [-0.3, -0.25) is 13.9 Å². The first-order chi connectivity index (χ1) is 18.0. The molecule has 208 valence electrons. The van der Waals surface area contributed by atoms with Crippen LogP contribution >= 0.6 is 0 Å². The lowest BCUT2D eigenvalue weighted by molar-refractivity contribution is -0.140. The first kappa shape index (κ1) is 29.3. The summed E-state index contributed by atoms with van der Waals surface area (Å²) in [5, 5.41) is 2.96. The summed E-state index contributed by atoms with van der Waals surface area (Å²) in [4.78, 5) is 27.9. The van der Waals surface area contributed by atoms with Crippen LogP contribution in [0.3, 0.4) is 0 Å². The van der Waals surface area contributed by atoms with Crippen LogP contribution in [0.4, 0.5) is 5.69 Å². The molecule has 1 heterocycles. The van der Waals surface area contributed by atoms with E-state index in [1.165, 1.54) is 4.31 Å². The molecule has 3 rings (SSSR count). The number of hydrogen-bond donors (Lipinski definition) is 1. The zero-order valence-electron chi connectivity index (χ0n) is 22.9. The van der Waals surface area contributed by atoms with E-state index in [1.54, 1.807) is 30.0 Å². The summed E-state index contributed by atoms with van der Waals surface area (Å²) in [6.45, 7) is 8.84. The van der Waals surface area contributed by atoms with Crippen LogP contribution < -0.4 is 19.1 Å². The molecule has 38 heavy (non-hydrogen) atoms. The van der Waals surface area contributed by atoms with Gasteiger partial charge in [0.1, 0.15) is 19.3 Å². The molecule has 2 amide bonds. The summed E-state index contributed by atoms with van der Waals surface area (Å²) in [5.74, 6) is 0.632. The van der Waals surface area contributed by atoms with E-state index in [-0.39, 0.29) is 43.8 Å². The highest BCUT2D eigenvalue weighted by atomic mass is 32.2. The van der Waals surface area contributed by atoms with Crippen molar-refractivity contribution in [3.8, 4) is 11.5 Å². The Bertz CT molecular complexity index is 1230. The Kier molecular flexibility index (Phi) is 10.0. The first-order valence-electron chi connectivity index (χ1n) is 13.0. The molecule has 0 aliphatic carbocycles. The van der Waals surface area contributed by atoms with Crippen molar-refractivity contribution in [3.63, 3.8) is 0 Å². The van der Waals surface area contributed by atoms with Gasteiger partial charge in [0.05, 0.1) is 11.9 Å². The Labute approximate surface area is 226 Å². The zero-order chi connectivity index (χ0) is 27.9. The third-order valence-electron chi connectivity index (χ3n) is 6.57. The lowest BCUT2D eigenvalue weighted by Gasteiger charge is -2.30. The molecular weight excluding hydrogens is 506 g/mol. The standard InChI is InChI=1S/C28H39N3O6S/c1-6-21(3)29-28(33)22(4)30(19-23-10-7-9-20(2)17-23)27(32)11-8-14-31(38(5,34)35)24-12-13-25-26(18-24)37-16-15-36-25/h7,9-10,12-13,17-18,21-22H,6,8,11,14-16,19H2,1-5H3,(H,29,33). The van der Waals surface area contributed by atoms with Gasteiger partial charge in [-0.15, -0.1) is 0 Å². The molecule has 2 aromatic carbocycles. The lowest BCUT2D eigenvalue weighted by Crippen LogP contribution is -2.49. The van der Waals surface area contributed by atoms with E-state index < -0.39 is 16.1 Å². The minimum Gasteiger partial charge on any atom is -0.486 e. The maximum atomic E-state index is 13.4. The van der Waals surface area contributed by atoms with E-state index in [9.17, 15) is 18.0 Å². The molecule has 1 aliphatic rings. The first-order valence-corrected chi connectivity index (χ1v) is 14.9. The number of nitrogens with one attached hydrogen (secondary N) is 1. The highest BCUT2D eigenvalue weighted by molar-refractivity contribution is 7.92. The normalized spacial score (nSPS) is 14.3. The van der Waals surface area contributed by atoms with E-state index in [1.807, 2.05) is 45.0 Å². The summed E-state index contributed by atoms with van der Waals surface area (Å²) in [5.41, 5.74) is 2.44. The molecular formula is C28H39N3O6S. The van der Waals surface area contributed by atoms with E-state index >= 15 is 0 Å². The van der Waals surface area contributed by atoms with Crippen LogP contribution in [0, 0.1) is 6.92 Å². The summed E-state index contributed by atoms with van der Waals surface area (Å²) in [6, 6.07) is 12.1. The number of amides is 2. The topological polar surface area (TPSA) is 105 Å². The van der Waals surface area contributed by atoms with Crippen LogP contribution in [0.1, 0.15) is 51.2 Å². The molecule has 2 aromatic rings. The molecule has 0 saturated heterocycles. The average Bonchev–Trinajstić information content (AvgIpc) is 2.88. The number of hydrogen-bond acceptors (Lipinski definition) is 6. The van der Waals surface area contributed by atoms with Gasteiger partial charge in [-0.25, -0.2) is 8.42 Å². The van der Waals surface area contributed by atoms with Crippen LogP contribution in [0.25, 0.3) is 0 Å². The summed E-state index contributed by atoms with van der Waals surface area (Å²) < 4.78 is 37.6. The fourth-order valence-corrected chi connectivity index (χ4v) is 5.20. The second kappa shape index (κ2) is 13.0. The number of fused-ring (bicyclic) bond motifs is 1. The molecule has 0 saturated carbocycles. The number of aryl methyl sites for hydroxylation is 1. The Balaban J connectivity index is 1.74. The van der Waals surface area contributed by atoms with E-state index in [2.05, 4.69) is 5.32 Å². The van der Waals surface area contributed by atoms with Crippen LogP contribution in [-0.4, -0.2) is 63.2 Å². The third kappa shape index (κ3) is 7.86. The summed E-state index contributed by atoms with van der Waals surface area (Å²) in [7, 11) is -3.61. The number of carbonyl (C=O) groups is 2. The van der Waals surface area contributed by atoms with Gasteiger partial charge in [0.15, 0.2) is 11.5 Å². The van der Waals surface area contributed by atoms with Crippen molar-refractivity contribution < 1.29 is 27.5 Å². The largest absolute Gasteiger partial charge is 0.486 e. The fraction of sp³-hybridized carbons (Fsp3) is 0.500. The highest BCUT2D eigenvalue weighted by Gasteiger charge is 2.27. The molecule has 0 bridgehead atoms. The number of nitrogens with zero attached hydrogens (tertiary/aromatic N) is 2. The van der Waals surface area contributed by atoms with Crippen LogP contribution in [-0.2, 0) is 26.2 Å². The second-order valence-corrected chi connectivity index (χ2v) is 11.7. The van der Waals surface area contributed by atoms with Crippen LogP contribution in [0.15, 0.2) is 42.5 Å². The SMILES string of the molecule is CCC(C)NC(=O)C(C)N(Cc1cccc(C)c1)C(=O)CCCN(c1ccc2c(c1)OCCO2)S(C)(=O)=O. The fourth-order valence-electron chi connectivity index (χ4n) is 4.25. The smallest absolute Gasteiger partial charge is 0.242 e. The Morgan fingerprint density at radius 1 is 1.05 bits per heavy atom. The van der Waals surface area contributed by atoms with Gasteiger partial charge in [0.25, 0.3) is 0 Å². The van der Waals surface area contributed by atoms with Crippen molar-refractivity contribution in [2.75, 3.05) is 30.3 Å². The van der Waals surface area contributed by atoms with Gasteiger partial charge in [0.2, 0.25) is 21.8 Å². The molecule has 2 atom stereocenters. The molecule has 1 N–H and O–H groups in total.